The number of nitrogens with zero attached hydrogens (tertiary/aromatic N) is 3. The van der Waals surface area contributed by atoms with Crippen molar-refractivity contribution >= 4 is 11.5 Å². The van der Waals surface area contributed by atoms with E-state index < -0.39 is 0 Å². The average molecular weight is 189 g/mol. The Morgan fingerprint density at radius 2 is 1.64 bits per heavy atom. The highest BCUT2D eigenvalue weighted by molar-refractivity contribution is 5.35. The fourth-order valence-electron chi connectivity index (χ4n) is 0.703. The first kappa shape index (κ1) is 9.91. The number of anilines is 2. The van der Waals surface area contributed by atoms with Crippen LogP contribution in [-0.2, 0) is 0 Å². The normalized spacial score (nSPS) is 8.57. The molecule has 0 atom stereocenters. The molecule has 0 unspecified atom stereocenters. The number of nitrogens with two attached hydrogens (primary N) is 2. The summed E-state index contributed by atoms with van der Waals surface area (Å²) in [4.78, 5) is 0. The first-order valence-electron chi connectivity index (χ1n) is 3.99. The van der Waals surface area contributed by atoms with E-state index in [1.165, 1.54) is 6.20 Å². The number of para-hydroxylation sites is 1. The summed E-state index contributed by atoms with van der Waals surface area (Å²) in [6, 6.07) is 11.1. The third-order valence-corrected chi connectivity index (χ3v) is 1.32. The number of hydrogen-bond donors (Lipinski definition) is 2. The van der Waals surface area contributed by atoms with Crippen molar-refractivity contribution in [3.63, 3.8) is 0 Å². The van der Waals surface area contributed by atoms with E-state index in [4.69, 9.17) is 11.5 Å². The van der Waals surface area contributed by atoms with Crippen LogP contribution < -0.4 is 11.5 Å². The number of hydrogen-bond acceptors (Lipinski definition) is 5. The topological polar surface area (TPSA) is 90.7 Å². The molecule has 1 heterocycles. The van der Waals surface area contributed by atoms with Crippen molar-refractivity contribution < 1.29 is 0 Å². The van der Waals surface area contributed by atoms with Crippen LogP contribution in [0.25, 0.3) is 0 Å². The average Bonchev–Trinajstić information content (AvgIpc) is 2.21. The van der Waals surface area contributed by atoms with Crippen LogP contribution in [0.4, 0.5) is 11.5 Å². The number of aromatic nitrogens is 3. The van der Waals surface area contributed by atoms with Gasteiger partial charge in [0, 0.05) is 11.8 Å². The monoisotopic (exact) mass is 189 g/mol. The molecule has 0 fully saturated rings. The Morgan fingerprint density at radius 1 is 0.929 bits per heavy atom. The van der Waals surface area contributed by atoms with E-state index in [-0.39, 0.29) is 0 Å². The fourth-order valence-corrected chi connectivity index (χ4v) is 0.703. The van der Waals surface area contributed by atoms with Gasteiger partial charge in [-0.05, 0) is 17.3 Å². The minimum atomic E-state index is 0.398. The van der Waals surface area contributed by atoms with E-state index in [9.17, 15) is 0 Å². The van der Waals surface area contributed by atoms with Crippen molar-refractivity contribution in [3.8, 4) is 0 Å². The summed E-state index contributed by atoms with van der Waals surface area (Å²) in [6.07, 6.45) is 1.49. The highest BCUT2D eigenvalue weighted by Gasteiger charge is 1.76. The van der Waals surface area contributed by atoms with Gasteiger partial charge in [-0.15, -0.1) is 10.2 Å². The van der Waals surface area contributed by atoms with Gasteiger partial charge in [-0.3, -0.25) is 0 Å². The van der Waals surface area contributed by atoms with Gasteiger partial charge >= 0.3 is 0 Å². The number of benzene rings is 1. The van der Waals surface area contributed by atoms with E-state index in [0.29, 0.717) is 5.82 Å². The van der Waals surface area contributed by atoms with Gasteiger partial charge in [0.15, 0.2) is 0 Å². The summed E-state index contributed by atoms with van der Waals surface area (Å²) in [7, 11) is 0. The third-order valence-electron chi connectivity index (χ3n) is 1.32. The van der Waals surface area contributed by atoms with Crippen molar-refractivity contribution in [1.29, 1.82) is 0 Å². The molecule has 0 amide bonds. The highest BCUT2D eigenvalue weighted by Crippen LogP contribution is 1.95. The summed E-state index contributed by atoms with van der Waals surface area (Å²) in [5.41, 5.74) is 11.3. The van der Waals surface area contributed by atoms with Crippen LogP contribution in [0, 0.1) is 0 Å². The van der Waals surface area contributed by atoms with E-state index in [1.54, 1.807) is 6.07 Å². The van der Waals surface area contributed by atoms with Gasteiger partial charge in [0.2, 0.25) is 0 Å². The lowest BCUT2D eigenvalue weighted by Gasteiger charge is -1.83. The van der Waals surface area contributed by atoms with Crippen molar-refractivity contribution in [2.45, 2.75) is 0 Å². The van der Waals surface area contributed by atoms with Gasteiger partial charge in [-0.2, -0.15) is 0 Å². The summed E-state index contributed by atoms with van der Waals surface area (Å²) in [6.45, 7) is 0. The Balaban J connectivity index is 0.000000140. The van der Waals surface area contributed by atoms with Gasteiger partial charge in [-0.1, -0.05) is 18.2 Å². The molecule has 5 heteroatoms. The molecule has 1 aromatic carbocycles. The molecule has 0 aliphatic heterocycles. The van der Waals surface area contributed by atoms with Crippen molar-refractivity contribution in [3.05, 3.63) is 42.6 Å². The molecule has 0 spiro atoms. The van der Waals surface area contributed by atoms with Crippen LogP contribution in [0.15, 0.2) is 42.6 Å². The second-order valence-electron chi connectivity index (χ2n) is 2.46. The zero-order valence-electron chi connectivity index (χ0n) is 7.54. The minimum Gasteiger partial charge on any atom is -0.399 e. The Labute approximate surface area is 81.8 Å². The largest absolute Gasteiger partial charge is 0.399 e. The summed E-state index contributed by atoms with van der Waals surface area (Å²) in [5, 5.41) is 10.1. The van der Waals surface area contributed by atoms with E-state index >= 15 is 0 Å². The molecule has 0 bridgehead atoms. The van der Waals surface area contributed by atoms with Crippen LogP contribution in [0.5, 0.6) is 0 Å². The number of rotatable bonds is 0. The van der Waals surface area contributed by atoms with Gasteiger partial charge < -0.3 is 11.5 Å². The predicted molar refractivity (Wildman–Crippen MR) is 55.1 cm³/mol. The molecule has 72 valence electrons. The Bertz CT molecular complexity index is 311. The smallest absolute Gasteiger partial charge is 0.149 e. The lowest BCUT2D eigenvalue weighted by atomic mass is 10.3. The van der Waals surface area contributed by atoms with Crippen LogP contribution in [0.1, 0.15) is 0 Å². The van der Waals surface area contributed by atoms with E-state index in [0.717, 1.165) is 5.69 Å². The fraction of sp³-hybridized carbons (Fsp3) is 0. The number of nitrogen functional groups attached to an aromatic ring is 2. The van der Waals surface area contributed by atoms with Crippen LogP contribution in [-0.4, -0.2) is 15.4 Å². The molecule has 0 radical (unpaired) electrons. The maximum Gasteiger partial charge on any atom is 0.149 e. The van der Waals surface area contributed by atoms with Crippen molar-refractivity contribution in [2.24, 2.45) is 0 Å². The van der Waals surface area contributed by atoms with E-state index in [2.05, 4.69) is 15.4 Å². The van der Waals surface area contributed by atoms with Crippen molar-refractivity contribution in [1.82, 2.24) is 15.4 Å². The molecular weight excluding hydrogens is 178 g/mol. The second kappa shape index (κ2) is 5.47. The maximum absolute atomic E-state index is 5.36. The molecule has 2 aromatic rings. The summed E-state index contributed by atoms with van der Waals surface area (Å²) in [5.74, 6) is 0.398. The first-order chi connectivity index (χ1) is 6.79. The van der Waals surface area contributed by atoms with Crippen molar-refractivity contribution in [2.75, 3.05) is 11.5 Å². The first-order valence-corrected chi connectivity index (χ1v) is 3.99. The molecule has 2 rings (SSSR count). The summed E-state index contributed by atoms with van der Waals surface area (Å²) < 4.78 is 0. The highest BCUT2D eigenvalue weighted by atomic mass is 15.3. The molecule has 0 aliphatic carbocycles. The molecular formula is C9H11N5. The molecule has 0 saturated carbocycles. The van der Waals surface area contributed by atoms with Crippen LogP contribution in [0.3, 0.4) is 0 Å². The lowest BCUT2D eigenvalue weighted by Crippen LogP contribution is -1.91. The SMILES string of the molecule is Nc1ccccc1.Nc1ccnnn1. The van der Waals surface area contributed by atoms with Crippen LogP contribution in [0.2, 0.25) is 0 Å². The molecule has 4 N–H and O–H groups in total. The van der Waals surface area contributed by atoms with E-state index in [1.807, 2.05) is 30.3 Å². The molecule has 14 heavy (non-hydrogen) atoms. The Morgan fingerprint density at radius 3 is 1.93 bits per heavy atom. The van der Waals surface area contributed by atoms with Crippen LogP contribution >= 0.6 is 0 Å². The van der Waals surface area contributed by atoms with Gasteiger partial charge in [0.1, 0.15) is 5.82 Å². The standard InChI is InChI=1S/C6H7N.C3H4N4/c7-6-4-2-1-3-5-6;4-3-1-2-5-7-6-3/h1-5H,7H2;1-2H,(H2,4,5,6). The van der Waals surface area contributed by atoms with Gasteiger partial charge in [0.25, 0.3) is 0 Å². The molecule has 0 saturated heterocycles. The molecule has 1 aromatic heterocycles. The Hall–Kier alpha value is -2.17. The predicted octanol–water partition coefficient (Wildman–Crippen LogP) is 0.723. The molecule has 5 nitrogen and oxygen atoms in total. The quantitative estimate of drug-likeness (QED) is 0.596. The third kappa shape index (κ3) is 4.01. The summed E-state index contributed by atoms with van der Waals surface area (Å²) >= 11 is 0. The molecule has 0 aliphatic rings. The van der Waals surface area contributed by atoms with Gasteiger partial charge in [0.05, 0.1) is 6.20 Å². The minimum absolute atomic E-state index is 0.398. The maximum atomic E-state index is 5.36. The zero-order valence-corrected chi connectivity index (χ0v) is 7.54. The zero-order chi connectivity index (χ0) is 10.2. The lowest BCUT2D eigenvalue weighted by molar-refractivity contribution is 0.873. The second-order valence-corrected chi connectivity index (χ2v) is 2.46. The van der Waals surface area contributed by atoms with Gasteiger partial charge in [-0.25, -0.2) is 0 Å². The Kier molecular flexibility index (Phi) is 3.87.